The number of aryl methyl sites for hydroxylation is 2. The Bertz CT molecular complexity index is 717. The standard InChI is InChI=1S/C18H24N4OS/c1-13-8-14(2)22(19-13)16-9-20(10-16)11-18(23)21-6-3-4-17(21)15-5-7-24-12-15/h5,7-8,12,16-17H,3-4,6,9-11H2,1-2H3/t17-/m1/s1. The van der Waals surface area contributed by atoms with Gasteiger partial charge in [-0.25, -0.2) is 0 Å². The van der Waals surface area contributed by atoms with Crippen LogP contribution in [-0.2, 0) is 4.79 Å². The summed E-state index contributed by atoms with van der Waals surface area (Å²) in [5.41, 5.74) is 3.58. The van der Waals surface area contributed by atoms with Crippen molar-refractivity contribution < 1.29 is 4.79 Å². The number of nitrogens with zero attached hydrogens (tertiary/aromatic N) is 4. The Kier molecular flexibility index (Phi) is 4.18. The highest BCUT2D eigenvalue weighted by atomic mass is 32.1. The van der Waals surface area contributed by atoms with Crippen molar-refractivity contribution in [3.63, 3.8) is 0 Å². The first kappa shape index (κ1) is 15.8. The van der Waals surface area contributed by atoms with Crippen LogP contribution in [0.1, 0.15) is 41.9 Å². The second kappa shape index (κ2) is 6.33. The minimum Gasteiger partial charge on any atom is -0.335 e. The number of carbonyl (C=O) groups excluding carboxylic acids is 1. The molecule has 0 unspecified atom stereocenters. The van der Waals surface area contributed by atoms with Gasteiger partial charge < -0.3 is 4.90 Å². The topological polar surface area (TPSA) is 41.4 Å². The third-order valence-electron chi connectivity index (χ3n) is 5.19. The summed E-state index contributed by atoms with van der Waals surface area (Å²) < 4.78 is 2.11. The van der Waals surface area contributed by atoms with E-state index in [2.05, 4.69) is 49.4 Å². The molecule has 2 fully saturated rings. The van der Waals surface area contributed by atoms with Crippen molar-refractivity contribution in [1.82, 2.24) is 19.6 Å². The third kappa shape index (κ3) is 2.89. The first-order valence-corrected chi connectivity index (χ1v) is 9.63. The summed E-state index contributed by atoms with van der Waals surface area (Å²) in [6.45, 7) is 7.41. The Balaban J connectivity index is 1.34. The van der Waals surface area contributed by atoms with Gasteiger partial charge in [-0.1, -0.05) is 0 Å². The molecule has 1 amide bonds. The molecular formula is C18H24N4OS. The Morgan fingerprint density at radius 3 is 2.88 bits per heavy atom. The van der Waals surface area contributed by atoms with Crippen LogP contribution in [0.5, 0.6) is 0 Å². The van der Waals surface area contributed by atoms with Crippen LogP contribution in [0, 0.1) is 13.8 Å². The molecule has 4 rings (SSSR count). The second-order valence-electron chi connectivity index (χ2n) is 7.02. The summed E-state index contributed by atoms with van der Waals surface area (Å²) in [6.07, 6.45) is 2.21. The van der Waals surface area contributed by atoms with E-state index >= 15 is 0 Å². The van der Waals surface area contributed by atoms with Crippen LogP contribution < -0.4 is 0 Å². The van der Waals surface area contributed by atoms with Gasteiger partial charge in [0.05, 0.1) is 24.3 Å². The highest BCUT2D eigenvalue weighted by molar-refractivity contribution is 7.07. The van der Waals surface area contributed by atoms with E-state index in [1.165, 1.54) is 11.3 Å². The lowest BCUT2D eigenvalue weighted by molar-refractivity contribution is -0.135. The van der Waals surface area contributed by atoms with Gasteiger partial charge in [0.15, 0.2) is 0 Å². The average Bonchev–Trinajstić information content (AvgIpc) is 3.22. The van der Waals surface area contributed by atoms with Crippen molar-refractivity contribution in [2.45, 2.75) is 38.8 Å². The van der Waals surface area contributed by atoms with Gasteiger partial charge in [0.1, 0.15) is 0 Å². The van der Waals surface area contributed by atoms with Crippen molar-refractivity contribution in [1.29, 1.82) is 0 Å². The Hall–Kier alpha value is -1.66. The van der Waals surface area contributed by atoms with Crippen molar-refractivity contribution in [3.05, 3.63) is 39.8 Å². The maximum absolute atomic E-state index is 12.7. The largest absolute Gasteiger partial charge is 0.335 e. The molecule has 0 bridgehead atoms. The minimum absolute atomic E-state index is 0.274. The Morgan fingerprint density at radius 1 is 1.38 bits per heavy atom. The molecule has 5 nitrogen and oxygen atoms in total. The monoisotopic (exact) mass is 344 g/mol. The first-order chi connectivity index (χ1) is 11.6. The molecule has 0 spiro atoms. The van der Waals surface area contributed by atoms with E-state index in [4.69, 9.17) is 0 Å². The van der Waals surface area contributed by atoms with E-state index in [1.54, 1.807) is 11.3 Å². The fraction of sp³-hybridized carbons (Fsp3) is 0.556. The maximum atomic E-state index is 12.7. The number of aromatic nitrogens is 2. The van der Waals surface area contributed by atoms with E-state index in [9.17, 15) is 4.79 Å². The van der Waals surface area contributed by atoms with E-state index in [-0.39, 0.29) is 11.9 Å². The van der Waals surface area contributed by atoms with E-state index in [0.29, 0.717) is 12.6 Å². The predicted molar refractivity (Wildman–Crippen MR) is 95.2 cm³/mol. The number of hydrogen-bond acceptors (Lipinski definition) is 4. The van der Waals surface area contributed by atoms with Gasteiger partial charge in [0.2, 0.25) is 5.91 Å². The van der Waals surface area contributed by atoms with Gasteiger partial charge in [-0.2, -0.15) is 16.4 Å². The Labute approximate surface area is 146 Å². The number of thiophene rings is 1. The Morgan fingerprint density at radius 2 is 2.21 bits per heavy atom. The fourth-order valence-corrected chi connectivity index (χ4v) is 4.71. The molecule has 2 aromatic rings. The summed E-state index contributed by atoms with van der Waals surface area (Å²) in [5, 5.41) is 8.85. The quantitative estimate of drug-likeness (QED) is 0.856. The molecule has 0 radical (unpaired) electrons. The lowest BCUT2D eigenvalue weighted by Crippen LogP contribution is -2.52. The van der Waals surface area contributed by atoms with Gasteiger partial charge >= 0.3 is 0 Å². The van der Waals surface area contributed by atoms with Crippen LogP contribution >= 0.6 is 11.3 Å². The number of rotatable bonds is 4. The van der Waals surface area contributed by atoms with Crippen LogP contribution in [0.4, 0.5) is 0 Å². The summed E-state index contributed by atoms with van der Waals surface area (Å²) in [5.74, 6) is 0.274. The number of hydrogen-bond donors (Lipinski definition) is 0. The van der Waals surface area contributed by atoms with Crippen molar-refractivity contribution in [2.24, 2.45) is 0 Å². The SMILES string of the molecule is Cc1cc(C)n(C2CN(CC(=O)N3CCC[C@@H]3c3ccsc3)C2)n1. The molecule has 1 atom stereocenters. The molecule has 0 saturated carbocycles. The molecule has 6 heteroatoms. The highest BCUT2D eigenvalue weighted by Crippen LogP contribution is 2.33. The minimum atomic E-state index is 0.274. The molecular weight excluding hydrogens is 320 g/mol. The van der Waals surface area contributed by atoms with Crippen LogP contribution in [0.2, 0.25) is 0 Å². The van der Waals surface area contributed by atoms with Gasteiger partial charge in [0, 0.05) is 25.3 Å². The molecule has 24 heavy (non-hydrogen) atoms. The highest BCUT2D eigenvalue weighted by Gasteiger charge is 2.35. The third-order valence-corrected chi connectivity index (χ3v) is 5.89. The number of likely N-dealkylation sites (tertiary alicyclic amines) is 2. The summed E-state index contributed by atoms with van der Waals surface area (Å²) in [6, 6.07) is 4.97. The van der Waals surface area contributed by atoms with Crippen LogP contribution in [-0.4, -0.2) is 51.7 Å². The lowest BCUT2D eigenvalue weighted by atomic mass is 10.1. The zero-order valence-corrected chi connectivity index (χ0v) is 15.1. The van der Waals surface area contributed by atoms with Gasteiger partial charge in [0.25, 0.3) is 0 Å². The maximum Gasteiger partial charge on any atom is 0.237 e. The van der Waals surface area contributed by atoms with Crippen molar-refractivity contribution in [2.75, 3.05) is 26.2 Å². The predicted octanol–water partition coefficient (Wildman–Crippen LogP) is 2.78. The van der Waals surface area contributed by atoms with Gasteiger partial charge in [-0.15, -0.1) is 0 Å². The summed E-state index contributed by atoms with van der Waals surface area (Å²) >= 11 is 1.71. The summed E-state index contributed by atoms with van der Waals surface area (Å²) in [7, 11) is 0. The smallest absolute Gasteiger partial charge is 0.237 e. The second-order valence-corrected chi connectivity index (χ2v) is 7.80. The van der Waals surface area contributed by atoms with Crippen LogP contribution in [0.25, 0.3) is 0 Å². The van der Waals surface area contributed by atoms with Crippen molar-refractivity contribution >= 4 is 17.2 Å². The van der Waals surface area contributed by atoms with Crippen LogP contribution in [0.15, 0.2) is 22.9 Å². The van der Waals surface area contributed by atoms with Gasteiger partial charge in [-0.3, -0.25) is 14.4 Å². The fourth-order valence-electron chi connectivity index (χ4n) is 4.00. The van der Waals surface area contributed by atoms with E-state index in [1.807, 2.05) is 6.92 Å². The lowest BCUT2D eigenvalue weighted by Gasteiger charge is -2.40. The van der Waals surface area contributed by atoms with E-state index in [0.717, 1.165) is 38.2 Å². The normalized spacial score (nSPS) is 22.1. The molecule has 2 aliphatic heterocycles. The first-order valence-electron chi connectivity index (χ1n) is 8.68. The van der Waals surface area contributed by atoms with E-state index < -0.39 is 0 Å². The molecule has 0 aliphatic carbocycles. The summed E-state index contributed by atoms with van der Waals surface area (Å²) in [4.78, 5) is 17.1. The molecule has 2 aliphatic rings. The molecule has 128 valence electrons. The zero-order valence-electron chi connectivity index (χ0n) is 14.3. The molecule has 2 aromatic heterocycles. The molecule has 2 saturated heterocycles. The van der Waals surface area contributed by atoms with Crippen molar-refractivity contribution in [3.8, 4) is 0 Å². The zero-order chi connectivity index (χ0) is 16.7. The molecule has 0 N–H and O–H groups in total. The average molecular weight is 344 g/mol. The van der Waals surface area contributed by atoms with Crippen LogP contribution in [0.3, 0.4) is 0 Å². The van der Waals surface area contributed by atoms with Gasteiger partial charge in [-0.05, 0) is 55.1 Å². The molecule has 0 aromatic carbocycles. The molecule has 4 heterocycles. The number of amides is 1. The number of carbonyl (C=O) groups is 1.